The van der Waals surface area contributed by atoms with Gasteiger partial charge < -0.3 is 10.3 Å². The number of piperidine rings is 1. The number of rotatable bonds is 2. The van der Waals surface area contributed by atoms with E-state index in [2.05, 4.69) is 31.2 Å². The highest BCUT2D eigenvalue weighted by molar-refractivity contribution is 5.95. The van der Waals surface area contributed by atoms with Crippen molar-refractivity contribution in [1.82, 2.24) is 9.88 Å². The van der Waals surface area contributed by atoms with E-state index < -0.39 is 5.82 Å². The lowest BCUT2D eigenvalue weighted by molar-refractivity contribution is 0.0604. The van der Waals surface area contributed by atoms with Crippen molar-refractivity contribution in [2.45, 2.75) is 33.6 Å². The molecule has 1 aliphatic heterocycles. The second-order valence-electron chi connectivity index (χ2n) is 6.60. The highest BCUT2D eigenvalue weighted by Gasteiger charge is 2.31. The fourth-order valence-electron chi connectivity index (χ4n) is 2.83. The number of halogens is 1. The summed E-state index contributed by atoms with van der Waals surface area (Å²) in [7, 11) is 0. The summed E-state index contributed by atoms with van der Waals surface area (Å²) in [5.41, 5.74) is 2.43. The van der Waals surface area contributed by atoms with E-state index in [0.717, 1.165) is 12.8 Å². The van der Waals surface area contributed by atoms with E-state index in [0.29, 0.717) is 19.0 Å². The topological polar surface area (TPSA) is 71.2 Å². The Bertz CT molecular complexity index is 519. The van der Waals surface area contributed by atoms with Gasteiger partial charge in [0.1, 0.15) is 0 Å². The lowest BCUT2D eigenvalue weighted by Gasteiger charge is -2.38. The van der Waals surface area contributed by atoms with Gasteiger partial charge in [0, 0.05) is 19.3 Å². The quantitative estimate of drug-likeness (QED) is 0.649. The fourth-order valence-corrected chi connectivity index (χ4v) is 2.83. The summed E-state index contributed by atoms with van der Waals surface area (Å²) in [5.74, 6) is 4.68. The number of nitrogens with one attached hydrogen (secondary N) is 1. The smallest absolute Gasteiger partial charge is 0.257 e. The summed E-state index contributed by atoms with van der Waals surface area (Å²) in [6, 6.07) is 1.40. The average molecular weight is 294 g/mol. The van der Waals surface area contributed by atoms with Crippen LogP contribution in [-0.4, -0.2) is 28.9 Å². The van der Waals surface area contributed by atoms with Crippen LogP contribution in [0, 0.1) is 17.2 Å². The Morgan fingerprint density at radius 2 is 2.05 bits per heavy atom. The SMILES string of the molecule is CC(C)(C)C1CCN(C(=O)c2ccnc(NN)c2F)CC1. The highest BCUT2D eigenvalue weighted by atomic mass is 19.1. The molecule has 0 radical (unpaired) electrons. The van der Waals surface area contributed by atoms with Gasteiger partial charge in [-0.05, 0) is 30.2 Å². The van der Waals surface area contributed by atoms with Gasteiger partial charge in [-0.15, -0.1) is 0 Å². The van der Waals surface area contributed by atoms with Crippen molar-refractivity contribution < 1.29 is 9.18 Å². The number of nitrogens with zero attached hydrogens (tertiary/aromatic N) is 2. The van der Waals surface area contributed by atoms with Crippen molar-refractivity contribution in [2.75, 3.05) is 18.5 Å². The third-order valence-corrected chi connectivity index (χ3v) is 4.26. The van der Waals surface area contributed by atoms with Gasteiger partial charge in [0.25, 0.3) is 5.91 Å². The Kier molecular flexibility index (Phi) is 4.46. The largest absolute Gasteiger partial charge is 0.339 e. The fraction of sp³-hybridized carbons (Fsp3) is 0.600. The normalized spacial score (nSPS) is 16.9. The lowest BCUT2D eigenvalue weighted by atomic mass is 9.75. The Labute approximate surface area is 124 Å². The summed E-state index contributed by atoms with van der Waals surface area (Å²) in [6.45, 7) is 7.98. The van der Waals surface area contributed by atoms with Crippen LogP contribution < -0.4 is 11.3 Å². The zero-order valence-corrected chi connectivity index (χ0v) is 12.8. The number of nitrogens with two attached hydrogens (primary N) is 1. The number of likely N-dealkylation sites (tertiary alicyclic amines) is 1. The number of carbonyl (C=O) groups excluding carboxylic acids is 1. The summed E-state index contributed by atoms with van der Waals surface area (Å²) in [5, 5.41) is 0. The number of hydrogen-bond acceptors (Lipinski definition) is 4. The number of pyridine rings is 1. The Morgan fingerprint density at radius 1 is 1.43 bits per heavy atom. The summed E-state index contributed by atoms with van der Waals surface area (Å²) >= 11 is 0. The van der Waals surface area contributed by atoms with Crippen molar-refractivity contribution in [3.8, 4) is 0 Å². The molecule has 0 aliphatic carbocycles. The molecule has 0 spiro atoms. The van der Waals surface area contributed by atoms with Crippen LogP contribution in [0.3, 0.4) is 0 Å². The first kappa shape index (κ1) is 15.7. The number of hydrogen-bond donors (Lipinski definition) is 2. The summed E-state index contributed by atoms with van der Waals surface area (Å²) in [4.78, 5) is 17.9. The first-order valence-electron chi connectivity index (χ1n) is 7.25. The molecule has 2 heterocycles. The van der Waals surface area contributed by atoms with Gasteiger partial charge in [-0.1, -0.05) is 20.8 Å². The van der Waals surface area contributed by atoms with Crippen molar-refractivity contribution >= 4 is 11.7 Å². The van der Waals surface area contributed by atoms with E-state index in [1.807, 2.05) is 0 Å². The molecular formula is C15H23FN4O. The minimum atomic E-state index is -0.692. The van der Waals surface area contributed by atoms with Crippen LogP contribution in [0.1, 0.15) is 44.0 Å². The molecule has 1 fully saturated rings. The van der Waals surface area contributed by atoms with E-state index in [9.17, 15) is 9.18 Å². The molecule has 3 N–H and O–H groups in total. The van der Waals surface area contributed by atoms with E-state index in [4.69, 9.17) is 5.84 Å². The molecule has 1 aromatic rings. The molecule has 5 nitrogen and oxygen atoms in total. The number of hydrazine groups is 1. The summed E-state index contributed by atoms with van der Waals surface area (Å²) in [6.07, 6.45) is 3.28. The molecule has 116 valence electrons. The maximum atomic E-state index is 14.1. The Hall–Kier alpha value is -1.69. The van der Waals surface area contributed by atoms with E-state index in [1.165, 1.54) is 12.3 Å². The molecule has 1 aromatic heterocycles. The second-order valence-corrected chi connectivity index (χ2v) is 6.60. The monoisotopic (exact) mass is 294 g/mol. The zero-order chi connectivity index (χ0) is 15.6. The van der Waals surface area contributed by atoms with Crippen LogP contribution in [0.15, 0.2) is 12.3 Å². The Morgan fingerprint density at radius 3 is 2.57 bits per heavy atom. The van der Waals surface area contributed by atoms with Gasteiger partial charge in [-0.3, -0.25) is 4.79 Å². The molecule has 1 amide bonds. The van der Waals surface area contributed by atoms with Gasteiger partial charge >= 0.3 is 0 Å². The predicted molar refractivity (Wildman–Crippen MR) is 80.1 cm³/mol. The molecule has 21 heavy (non-hydrogen) atoms. The lowest BCUT2D eigenvalue weighted by Crippen LogP contribution is -2.41. The van der Waals surface area contributed by atoms with Crippen molar-refractivity contribution in [1.29, 1.82) is 0 Å². The van der Waals surface area contributed by atoms with E-state index in [-0.39, 0.29) is 22.7 Å². The molecule has 0 bridgehead atoms. The molecule has 0 atom stereocenters. The molecule has 1 aliphatic rings. The standard InChI is InChI=1S/C15H23FN4O/c1-15(2,3)10-5-8-20(9-6-10)14(21)11-4-7-18-13(19-17)12(11)16/h4,7,10H,5-6,8-9,17H2,1-3H3,(H,18,19). The average Bonchev–Trinajstić information content (AvgIpc) is 2.46. The minimum Gasteiger partial charge on any atom is -0.339 e. The number of amides is 1. The Balaban J connectivity index is 2.09. The van der Waals surface area contributed by atoms with Crippen molar-refractivity contribution in [3.05, 3.63) is 23.6 Å². The van der Waals surface area contributed by atoms with Crippen LogP contribution in [0.5, 0.6) is 0 Å². The van der Waals surface area contributed by atoms with Crippen LogP contribution in [0.2, 0.25) is 0 Å². The van der Waals surface area contributed by atoms with E-state index >= 15 is 0 Å². The van der Waals surface area contributed by atoms with Crippen molar-refractivity contribution in [2.24, 2.45) is 17.2 Å². The predicted octanol–water partition coefficient (Wildman–Crippen LogP) is 2.40. The first-order valence-corrected chi connectivity index (χ1v) is 7.25. The third kappa shape index (κ3) is 3.32. The molecule has 1 saturated heterocycles. The van der Waals surface area contributed by atoms with Crippen molar-refractivity contribution in [3.63, 3.8) is 0 Å². The molecular weight excluding hydrogens is 271 g/mol. The van der Waals surface area contributed by atoms with Gasteiger partial charge in [-0.25, -0.2) is 15.2 Å². The van der Waals surface area contributed by atoms with Gasteiger partial charge in [0.2, 0.25) is 0 Å². The number of anilines is 1. The molecule has 0 saturated carbocycles. The summed E-state index contributed by atoms with van der Waals surface area (Å²) < 4.78 is 14.1. The van der Waals surface area contributed by atoms with Gasteiger partial charge in [-0.2, -0.15) is 0 Å². The molecule has 0 aromatic carbocycles. The van der Waals surface area contributed by atoms with E-state index in [1.54, 1.807) is 4.90 Å². The molecule has 0 unspecified atom stereocenters. The zero-order valence-electron chi connectivity index (χ0n) is 12.8. The van der Waals surface area contributed by atoms with Crippen LogP contribution >= 0.6 is 0 Å². The highest BCUT2D eigenvalue weighted by Crippen LogP contribution is 2.34. The third-order valence-electron chi connectivity index (χ3n) is 4.26. The van der Waals surface area contributed by atoms with Gasteiger partial charge in [0.15, 0.2) is 11.6 Å². The number of nitrogen functional groups attached to an aromatic ring is 1. The first-order chi connectivity index (χ1) is 9.84. The maximum absolute atomic E-state index is 14.1. The molecule has 2 rings (SSSR count). The van der Waals surface area contributed by atoms with Crippen LogP contribution in [-0.2, 0) is 0 Å². The molecule has 6 heteroatoms. The number of carbonyl (C=O) groups is 1. The maximum Gasteiger partial charge on any atom is 0.257 e. The van der Waals surface area contributed by atoms with Crippen LogP contribution in [0.4, 0.5) is 10.2 Å². The minimum absolute atomic E-state index is 0.0205. The number of aromatic nitrogens is 1. The second kappa shape index (κ2) is 5.97. The van der Waals surface area contributed by atoms with Gasteiger partial charge in [0.05, 0.1) is 5.56 Å². The van der Waals surface area contributed by atoms with Crippen LogP contribution in [0.25, 0.3) is 0 Å².